The van der Waals surface area contributed by atoms with Crippen LogP contribution in [-0.2, 0) is 21.5 Å². The highest BCUT2D eigenvalue weighted by atomic mass is 35.5. The molecule has 1 aliphatic carbocycles. The van der Waals surface area contributed by atoms with Gasteiger partial charge in [0, 0.05) is 17.6 Å². The number of hydrogen-bond acceptors (Lipinski definition) is 3. The van der Waals surface area contributed by atoms with Crippen LogP contribution < -0.4 is 10.1 Å². The van der Waals surface area contributed by atoms with Crippen LogP contribution >= 0.6 is 11.6 Å². The Bertz CT molecular complexity index is 964. The standard InChI is InChI=1S/C27H35ClN2O3/c1-19(26(32)29-22-12-5-6-13-22)30(17-20-10-9-11-21(28)16-20)25(31)18-33-24-15-8-7-14-23(24)27(2,3)4/h7-11,14-16,19,22H,5-6,12-13,17-18H2,1-4H3,(H,29,32)/t19-/m1/s1. The summed E-state index contributed by atoms with van der Waals surface area (Å²) in [5.41, 5.74) is 1.78. The summed E-state index contributed by atoms with van der Waals surface area (Å²) in [7, 11) is 0. The molecule has 178 valence electrons. The number of rotatable bonds is 8. The van der Waals surface area contributed by atoms with Crippen molar-refractivity contribution in [1.82, 2.24) is 10.2 Å². The first-order valence-electron chi connectivity index (χ1n) is 11.7. The summed E-state index contributed by atoms with van der Waals surface area (Å²) >= 11 is 6.16. The summed E-state index contributed by atoms with van der Waals surface area (Å²) in [6.45, 7) is 8.24. The Kier molecular flexibility index (Phi) is 8.41. The van der Waals surface area contributed by atoms with Crippen molar-refractivity contribution in [2.24, 2.45) is 0 Å². The van der Waals surface area contributed by atoms with Crippen molar-refractivity contribution in [2.75, 3.05) is 6.61 Å². The van der Waals surface area contributed by atoms with Gasteiger partial charge >= 0.3 is 0 Å². The molecule has 1 fully saturated rings. The highest BCUT2D eigenvalue weighted by Crippen LogP contribution is 2.31. The average Bonchev–Trinajstić information content (AvgIpc) is 3.28. The van der Waals surface area contributed by atoms with Gasteiger partial charge in [0.1, 0.15) is 11.8 Å². The van der Waals surface area contributed by atoms with Crippen molar-refractivity contribution in [3.05, 3.63) is 64.7 Å². The molecular formula is C27H35ClN2O3. The lowest BCUT2D eigenvalue weighted by atomic mass is 9.86. The molecule has 0 unspecified atom stereocenters. The first-order valence-corrected chi connectivity index (χ1v) is 12.1. The highest BCUT2D eigenvalue weighted by Gasteiger charge is 2.29. The SMILES string of the molecule is C[C@H](C(=O)NC1CCCC1)N(Cc1cccc(Cl)c1)C(=O)COc1ccccc1C(C)(C)C. The van der Waals surface area contributed by atoms with Crippen LogP contribution in [0.15, 0.2) is 48.5 Å². The van der Waals surface area contributed by atoms with Crippen LogP contribution in [0.2, 0.25) is 5.02 Å². The number of halogens is 1. The van der Waals surface area contributed by atoms with Gasteiger partial charge in [-0.1, -0.05) is 75.5 Å². The molecule has 3 rings (SSSR count). The zero-order valence-electron chi connectivity index (χ0n) is 20.1. The Morgan fingerprint density at radius 2 is 1.82 bits per heavy atom. The lowest BCUT2D eigenvalue weighted by Crippen LogP contribution is -2.50. The van der Waals surface area contributed by atoms with Gasteiger partial charge in [-0.2, -0.15) is 0 Å². The van der Waals surface area contributed by atoms with Crippen LogP contribution in [0.3, 0.4) is 0 Å². The third-order valence-corrected chi connectivity index (χ3v) is 6.39. The minimum absolute atomic E-state index is 0.116. The maximum Gasteiger partial charge on any atom is 0.261 e. The maximum atomic E-state index is 13.3. The topological polar surface area (TPSA) is 58.6 Å². The van der Waals surface area contributed by atoms with E-state index in [1.807, 2.05) is 42.5 Å². The van der Waals surface area contributed by atoms with Crippen molar-refractivity contribution < 1.29 is 14.3 Å². The molecule has 1 N–H and O–H groups in total. The molecule has 0 heterocycles. The zero-order valence-corrected chi connectivity index (χ0v) is 20.8. The highest BCUT2D eigenvalue weighted by molar-refractivity contribution is 6.30. The van der Waals surface area contributed by atoms with Crippen LogP contribution in [0.25, 0.3) is 0 Å². The first kappa shape index (κ1) is 25.1. The molecule has 0 aliphatic heterocycles. The Balaban J connectivity index is 1.76. The van der Waals surface area contributed by atoms with Crippen molar-refractivity contribution in [2.45, 2.75) is 77.4 Å². The Hall–Kier alpha value is -2.53. The van der Waals surface area contributed by atoms with Gasteiger partial charge in [0.2, 0.25) is 5.91 Å². The predicted molar refractivity (Wildman–Crippen MR) is 132 cm³/mol. The monoisotopic (exact) mass is 470 g/mol. The van der Waals surface area contributed by atoms with E-state index < -0.39 is 6.04 Å². The normalized spacial score (nSPS) is 15.2. The lowest BCUT2D eigenvalue weighted by Gasteiger charge is -2.30. The molecule has 0 bridgehead atoms. The third kappa shape index (κ3) is 6.97. The Morgan fingerprint density at radius 1 is 1.12 bits per heavy atom. The Labute approximate surface area is 202 Å². The molecule has 2 aromatic carbocycles. The number of hydrogen-bond donors (Lipinski definition) is 1. The number of nitrogens with one attached hydrogen (secondary N) is 1. The average molecular weight is 471 g/mol. The van der Waals surface area contributed by atoms with Gasteiger partial charge < -0.3 is 15.0 Å². The molecule has 0 spiro atoms. The summed E-state index contributed by atoms with van der Waals surface area (Å²) in [4.78, 5) is 27.9. The number of carbonyl (C=O) groups is 2. The first-order chi connectivity index (χ1) is 15.6. The molecule has 5 nitrogen and oxygen atoms in total. The minimum atomic E-state index is -0.626. The molecule has 1 saturated carbocycles. The van der Waals surface area contributed by atoms with E-state index in [-0.39, 0.29) is 36.4 Å². The van der Waals surface area contributed by atoms with E-state index in [2.05, 4.69) is 26.1 Å². The van der Waals surface area contributed by atoms with E-state index in [4.69, 9.17) is 16.3 Å². The minimum Gasteiger partial charge on any atom is -0.483 e. The van der Waals surface area contributed by atoms with Crippen molar-refractivity contribution in [3.8, 4) is 5.75 Å². The lowest BCUT2D eigenvalue weighted by molar-refractivity contribution is -0.142. The van der Waals surface area contributed by atoms with Gasteiger partial charge in [-0.3, -0.25) is 9.59 Å². The summed E-state index contributed by atoms with van der Waals surface area (Å²) in [6, 6.07) is 14.7. The number of benzene rings is 2. The molecule has 1 aliphatic rings. The van der Waals surface area contributed by atoms with E-state index in [0.717, 1.165) is 36.8 Å². The van der Waals surface area contributed by atoms with Gasteiger partial charge in [0.05, 0.1) is 0 Å². The van der Waals surface area contributed by atoms with Crippen molar-refractivity contribution >= 4 is 23.4 Å². The molecule has 6 heteroatoms. The van der Waals surface area contributed by atoms with Crippen molar-refractivity contribution in [3.63, 3.8) is 0 Å². The summed E-state index contributed by atoms with van der Waals surface area (Å²) < 4.78 is 5.98. The second-order valence-corrected chi connectivity index (χ2v) is 10.3. The number of carbonyl (C=O) groups excluding carboxylic acids is 2. The number of para-hydroxylation sites is 1. The van der Waals surface area contributed by atoms with Gasteiger partial charge in [-0.25, -0.2) is 0 Å². The van der Waals surface area contributed by atoms with E-state index in [1.165, 1.54) is 0 Å². The summed E-state index contributed by atoms with van der Waals surface area (Å²) in [5, 5.41) is 3.71. The van der Waals surface area contributed by atoms with E-state index in [0.29, 0.717) is 10.8 Å². The van der Waals surface area contributed by atoms with Gasteiger partial charge in [0.15, 0.2) is 6.61 Å². The van der Waals surface area contributed by atoms with Gasteiger partial charge in [-0.15, -0.1) is 0 Å². The van der Waals surface area contributed by atoms with E-state index in [1.54, 1.807) is 17.9 Å². The Morgan fingerprint density at radius 3 is 2.48 bits per heavy atom. The van der Waals surface area contributed by atoms with Crippen LogP contribution in [0.4, 0.5) is 0 Å². The van der Waals surface area contributed by atoms with Gasteiger partial charge in [0.25, 0.3) is 5.91 Å². The molecule has 0 aromatic heterocycles. The molecule has 1 atom stereocenters. The number of ether oxygens (including phenoxy) is 1. The fraction of sp³-hybridized carbons (Fsp3) is 0.481. The van der Waals surface area contributed by atoms with Crippen molar-refractivity contribution in [1.29, 1.82) is 0 Å². The number of amides is 2. The predicted octanol–water partition coefficient (Wildman–Crippen LogP) is 5.49. The molecule has 2 aromatic rings. The quantitative estimate of drug-likeness (QED) is 0.554. The fourth-order valence-corrected chi connectivity index (χ4v) is 4.45. The summed E-state index contributed by atoms with van der Waals surface area (Å²) in [5.74, 6) is 0.309. The van der Waals surface area contributed by atoms with Crippen LogP contribution in [0.5, 0.6) is 5.75 Å². The maximum absolute atomic E-state index is 13.3. The fourth-order valence-electron chi connectivity index (χ4n) is 4.24. The zero-order chi connectivity index (χ0) is 24.0. The van der Waals surface area contributed by atoms with Crippen LogP contribution in [0.1, 0.15) is 64.5 Å². The summed E-state index contributed by atoms with van der Waals surface area (Å²) in [6.07, 6.45) is 4.25. The molecule has 0 radical (unpaired) electrons. The molecule has 33 heavy (non-hydrogen) atoms. The third-order valence-electron chi connectivity index (χ3n) is 6.16. The largest absolute Gasteiger partial charge is 0.483 e. The van der Waals surface area contributed by atoms with Crippen LogP contribution in [-0.4, -0.2) is 35.4 Å². The van der Waals surface area contributed by atoms with Gasteiger partial charge in [-0.05, 0) is 54.5 Å². The van der Waals surface area contributed by atoms with E-state index >= 15 is 0 Å². The second kappa shape index (κ2) is 11.1. The molecule has 2 amide bonds. The molecule has 0 saturated heterocycles. The number of nitrogens with zero attached hydrogens (tertiary/aromatic N) is 1. The second-order valence-electron chi connectivity index (χ2n) is 9.85. The smallest absolute Gasteiger partial charge is 0.261 e. The molecular weight excluding hydrogens is 436 g/mol. The van der Waals surface area contributed by atoms with E-state index in [9.17, 15) is 9.59 Å². The van der Waals surface area contributed by atoms with Crippen LogP contribution in [0, 0.1) is 0 Å².